The number of benzene rings is 1. The molecule has 0 bridgehead atoms. The number of nitrogens with one attached hydrogen (secondary N) is 2. The molecular formula is C18H23N5O3S. The lowest BCUT2D eigenvalue weighted by molar-refractivity contribution is -0.141. The molecule has 144 valence electrons. The van der Waals surface area contributed by atoms with Crippen LogP contribution in [-0.2, 0) is 16.1 Å². The van der Waals surface area contributed by atoms with Crippen molar-refractivity contribution in [1.82, 2.24) is 14.9 Å². The fraction of sp³-hybridized carbons (Fsp3) is 0.333. The van der Waals surface area contributed by atoms with E-state index in [-0.39, 0.29) is 24.0 Å². The van der Waals surface area contributed by atoms with Gasteiger partial charge in [0.2, 0.25) is 0 Å². The first kappa shape index (κ1) is 20.5. The normalized spacial score (nSPS) is 11.1. The van der Waals surface area contributed by atoms with E-state index in [2.05, 4.69) is 32.3 Å². The van der Waals surface area contributed by atoms with E-state index < -0.39 is 5.97 Å². The Morgan fingerprint density at radius 3 is 2.67 bits per heavy atom. The van der Waals surface area contributed by atoms with Crippen molar-refractivity contribution in [3.05, 3.63) is 42.4 Å². The zero-order valence-corrected chi connectivity index (χ0v) is 16.4. The minimum Gasteiger partial charge on any atom is -0.468 e. The van der Waals surface area contributed by atoms with Crippen LogP contribution in [0.25, 0.3) is 0 Å². The van der Waals surface area contributed by atoms with Crippen molar-refractivity contribution in [2.75, 3.05) is 25.2 Å². The first-order valence-corrected chi connectivity index (χ1v) is 9.45. The van der Waals surface area contributed by atoms with Gasteiger partial charge in [-0.2, -0.15) is 0 Å². The van der Waals surface area contributed by atoms with Gasteiger partial charge in [-0.3, -0.25) is 9.59 Å². The van der Waals surface area contributed by atoms with Gasteiger partial charge in [-0.1, -0.05) is 36.9 Å². The predicted molar refractivity (Wildman–Crippen MR) is 108 cm³/mol. The molecule has 0 aliphatic heterocycles. The Bertz CT molecular complexity index is 805. The summed E-state index contributed by atoms with van der Waals surface area (Å²) in [5.74, 6) is 0.239. The van der Waals surface area contributed by atoms with Gasteiger partial charge in [0.15, 0.2) is 16.7 Å². The van der Waals surface area contributed by atoms with Gasteiger partial charge in [0, 0.05) is 18.5 Å². The van der Waals surface area contributed by atoms with Gasteiger partial charge in [0.1, 0.15) is 6.54 Å². The van der Waals surface area contributed by atoms with Gasteiger partial charge in [-0.15, -0.1) is 0 Å². The number of ether oxygens (including phenoxy) is 1. The number of thioether (sulfide) groups is 1. The van der Waals surface area contributed by atoms with Gasteiger partial charge in [-0.25, -0.2) is 9.98 Å². The molecule has 0 atom stereocenters. The van der Waals surface area contributed by atoms with Gasteiger partial charge < -0.3 is 19.9 Å². The average Bonchev–Trinajstić information content (AvgIpc) is 3.08. The summed E-state index contributed by atoms with van der Waals surface area (Å²) in [6, 6.07) is 9.63. The summed E-state index contributed by atoms with van der Waals surface area (Å²) < 4.78 is 6.10. The Balaban J connectivity index is 2.38. The summed E-state index contributed by atoms with van der Waals surface area (Å²) in [4.78, 5) is 32.7. The largest absolute Gasteiger partial charge is 0.468 e. The standard InChI is InChI=1S/C18H23N5O3S/c1-4-10-27-18(21-13-8-6-5-7-9-13)22-16-15(17(25)19-2)23(12-20-16)11-14(24)26-3/h5-9,12H,4,10-11H2,1-3H3,(H,19,25)(H,21,22). The summed E-state index contributed by atoms with van der Waals surface area (Å²) in [5, 5.41) is 6.43. The first-order valence-electron chi connectivity index (χ1n) is 8.46. The smallest absolute Gasteiger partial charge is 0.325 e. The van der Waals surface area contributed by atoms with E-state index in [1.54, 1.807) is 0 Å². The fourth-order valence-corrected chi connectivity index (χ4v) is 2.90. The van der Waals surface area contributed by atoms with Gasteiger partial charge in [0.25, 0.3) is 5.91 Å². The third-order valence-electron chi connectivity index (χ3n) is 3.46. The van der Waals surface area contributed by atoms with Crippen LogP contribution in [0.5, 0.6) is 0 Å². The number of amides is 1. The number of para-hydroxylation sites is 1. The van der Waals surface area contributed by atoms with Crippen molar-refractivity contribution in [3.63, 3.8) is 0 Å². The Morgan fingerprint density at radius 1 is 1.30 bits per heavy atom. The number of carbonyl (C=O) groups is 2. The number of rotatable bonds is 7. The van der Waals surface area contributed by atoms with Gasteiger partial charge >= 0.3 is 5.97 Å². The molecule has 0 fully saturated rings. The Labute approximate surface area is 162 Å². The second kappa shape index (κ2) is 10.4. The molecule has 1 heterocycles. The quantitative estimate of drug-likeness (QED) is 0.429. The molecular weight excluding hydrogens is 366 g/mol. The lowest BCUT2D eigenvalue weighted by Gasteiger charge is -2.10. The third-order valence-corrected chi connectivity index (χ3v) is 4.54. The topological polar surface area (TPSA) is 97.6 Å². The van der Waals surface area contributed by atoms with Crippen LogP contribution in [0.3, 0.4) is 0 Å². The highest BCUT2D eigenvalue weighted by molar-refractivity contribution is 8.14. The molecule has 2 N–H and O–H groups in total. The van der Waals surface area contributed by atoms with Crippen LogP contribution in [0.2, 0.25) is 0 Å². The minimum absolute atomic E-state index is 0.120. The van der Waals surface area contributed by atoms with Crippen molar-refractivity contribution in [3.8, 4) is 0 Å². The molecule has 8 nitrogen and oxygen atoms in total. The van der Waals surface area contributed by atoms with Gasteiger partial charge in [-0.05, 0) is 18.6 Å². The summed E-state index contributed by atoms with van der Waals surface area (Å²) in [6.07, 6.45) is 2.38. The second-order valence-corrected chi connectivity index (χ2v) is 6.54. The number of aliphatic imine (C=N–C) groups is 1. The molecule has 0 unspecified atom stereocenters. The van der Waals surface area contributed by atoms with Crippen molar-refractivity contribution < 1.29 is 14.3 Å². The Kier molecular flexibility index (Phi) is 7.87. The number of carbonyl (C=O) groups excluding carboxylic acids is 2. The molecule has 0 spiro atoms. The third kappa shape index (κ3) is 5.85. The number of esters is 1. The maximum absolute atomic E-state index is 12.3. The maximum Gasteiger partial charge on any atom is 0.325 e. The molecule has 1 aromatic heterocycles. The highest BCUT2D eigenvalue weighted by Crippen LogP contribution is 2.21. The molecule has 0 radical (unpaired) electrons. The first-order chi connectivity index (χ1) is 13.1. The number of methoxy groups -OCH3 is 1. The fourth-order valence-electron chi connectivity index (χ4n) is 2.16. The summed E-state index contributed by atoms with van der Waals surface area (Å²) in [7, 11) is 2.81. The lowest BCUT2D eigenvalue weighted by atomic mass is 10.3. The van der Waals surface area contributed by atoms with Crippen LogP contribution in [0.1, 0.15) is 23.8 Å². The molecule has 2 aromatic rings. The number of nitrogens with zero attached hydrogens (tertiary/aromatic N) is 3. The highest BCUT2D eigenvalue weighted by atomic mass is 32.2. The number of hydrogen-bond donors (Lipinski definition) is 2. The van der Waals surface area contributed by atoms with Crippen LogP contribution in [-0.4, -0.2) is 46.5 Å². The molecule has 0 aliphatic carbocycles. The van der Waals surface area contributed by atoms with Crippen molar-refractivity contribution >= 4 is 40.3 Å². The van der Waals surface area contributed by atoms with E-state index in [1.807, 2.05) is 30.3 Å². The Morgan fingerprint density at radius 2 is 2.04 bits per heavy atom. The summed E-state index contributed by atoms with van der Waals surface area (Å²) >= 11 is 1.53. The number of imidazole rings is 1. The molecule has 1 aromatic carbocycles. The zero-order valence-electron chi connectivity index (χ0n) is 15.6. The van der Waals surface area contributed by atoms with E-state index in [9.17, 15) is 9.59 Å². The maximum atomic E-state index is 12.3. The molecule has 9 heteroatoms. The van der Waals surface area contributed by atoms with E-state index in [1.165, 1.54) is 36.8 Å². The van der Waals surface area contributed by atoms with Crippen LogP contribution in [0, 0.1) is 0 Å². The number of hydrogen-bond acceptors (Lipinski definition) is 6. The highest BCUT2D eigenvalue weighted by Gasteiger charge is 2.20. The van der Waals surface area contributed by atoms with Crippen LogP contribution in [0.15, 0.2) is 41.7 Å². The molecule has 0 saturated heterocycles. The van der Waals surface area contributed by atoms with E-state index in [0.29, 0.717) is 5.17 Å². The molecule has 1 amide bonds. The van der Waals surface area contributed by atoms with Crippen LogP contribution >= 0.6 is 11.8 Å². The van der Waals surface area contributed by atoms with Gasteiger partial charge in [0.05, 0.1) is 13.4 Å². The van der Waals surface area contributed by atoms with Crippen LogP contribution in [0.4, 0.5) is 11.5 Å². The summed E-state index contributed by atoms with van der Waals surface area (Å²) in [6.45, 7) is 1.96. The minimum atomic E-state index is -0.476. The van der Waals surface area contributed by atoms with Crippen molar-refractivity contribution in [2.24, 2.45) is 4.99 Å². The molecule has 0 aliphatic rings. The molecule has 0 saturated carbocycles. The lowest BCUT2D eigenvalue weighted by Crippen LogP contribution is -2.24. The predicted octanol–water partition coefficient (Wildman–Crippen LogP) is 2.66. The van der Waals surface area contributed by atoms with Crippen molar-refractivity contribution in [1.29, 1.82) is 0 Å². The summed E-state index contributed by atoms with van der Waals surface area (Å²) in [5.41, 5.74) is 1.09. The molecule has 27 heavy (non-hydrogen) atoms. The van der Waals surface area contributed by atoms with E-state index in [0.717, 1.165) is 17.9 Å². The number of anilines is 1. The Hall–Kier alpha value is -2.81. The zero-order chi connectivity index (χ0) is 19.6. The second-order valence-electron chi connectivity index (χ2n) is 5.46. The van der Waals surface area contributed by atoms with Crippen molar-refractivity contribution in [2.45, 2.75) is 19.9 Å². The average molecular weight is 389 g/mol. The molecule has 2 rings (SSSR count). The van der Waals surface area contributed by atoms with E-state index >= 15 is 0 Å². The van der Waals surface area contributed by atoms with E-state index in [4.69, 9.17) is 0 Å². The number of aromatic nitrogens is 2. The van der Waals surface area contributed by atoms with Crippen LogP contribution < -0.4 is 10.6 Å². The number of amidine groups is 1. The monoisotopic (exact) mass is 389 g/mol. The SMILES string of the molecule is CCCSC(=Nc1ncn(CC(=O)OC)c1C(=O)NC)Nc1ccccc1.